The van der Waals surface area contributed by atoms with Crippen molar-refractivity contribution in [3.63, 3.8) is 0 Å². The van der Waals surface area contributed by atoms with Gasteiger partial charge < -0.3 is 19.9 Å². The Bertz CT molecular complexity index is 370. The van der Waals surface area contributed by atoms with Crippen molar-refractivity contribution in [2.45, 2.75) is 53.1 Å². The van der Waals surface area contributed by atoms with Crippen LogP contribution in [0.25, 0.3) is 0 Å². The van der Waals surface area contributed by atoms with Gasteiger partial charge in [0.05, 0.1) is 12.6 Å². The maximum absolute atomic E-state index is 5.76. The lowest BCUT2D eigenvalue weighted by molar-refractivity contribution is 0.0263. The van der Waals surface area contributed by atoms with Crippen molar-refractivity contribution < 1.29 is 4.74 Å². The van der Waals surface area contributed by atoms with Crippen molar-refractivity contribution in [3.05, 3.63) is 0 Å². The molecule has 0 aromatic heterocycles. The average molecular weight is 339 g/mol. The van der Waals surface area contributed by atoms with E-state index >= 15 is 0 Å². The van der Waals surface area contributed by atoms with Crippen LogP contribution in [0.5, 0.6) is 0 Å². The summed E-state index contributed by atoms with van der Waals surface area (Å²) in [7, 11) is 0. The molecule has 0 saturated carbocycles. The van der Waals surface area contributed by atoms with Crippen molar-refractivity contribution in [3.8, 4) is 0 Å². The lowest BCUT2D eigenvalue weighted by atomic mass is 9.92. The molecular weight excluding hydrogens is 300 g/mol. The molecule has 1 N–H and O–H groups in total. The molecular formula is C19H38N4O. The molecule has 140 valence electrons. The molecule has 5 heteroatoms. The molecule has 0 amide bonds. The van der Waals surface area contributed by atoms with Crippen molar-refractivity contribution >= 4 is 5.96 Å². The molecule has 2 atom stereocenters. The summed E-state index contributed by atoms with van der Waals surface area (Å²) < 4.78 is 5.76. The van der Waals surface area contributed by atoms with Crippen LogP contribution >= 0.6 is 0 Å². The van der Waals surface area contributed by atoms with Crippen molar-refractivity contribution in [2.75, 3.05) is 52.4 Å². The summed E-state index contributed by atoms with van der Waals surface area (Å²) in [5.41, 5.74) is 0. The van der Waals surface area contributed by atoms with Gasteiger partial charge in [-0.3, -0.25) is 4.99 Å². The van der Waals surface area contributed by atoms with Crippen molar-refractivity contribution in [1.29, 1.82) is 0 Å². The highest BCUT2D eigenvalue weighted by atomic mass is 16.5. The van der Waals surface area contributed by atoms with E-state index in [1.165, 1.54) is 19.5 Å². The highest BCUT2D eigenvalue weighted by molar-refractivity contribution is 5.80. The minimum atomic E-state index is 0.436. The number of guanidine groups is 1. The Kier molecular flexibility index (Phi) is 8.33. The van der Waals surface area contributed by atoms with Gasteiger partial charge in [0.1, 0.15) is 0 Å². The molecule has 0 bridgehead atoms. The van der Waals surface area contributed by atoms with E-state index in [1.807, 2.05) is 0 Å². The quantitative estimate of drug-likeness (QED) is 0.596. The smallest absolute Gasteiger partial charge is 0.193 e. The second-order valence-corrected chi connectivity index (χ2v) is 7.58. The van der Waals surface area contributed by atoms with E-state index in [1.54, 1.807) is 0 Å². The van der Waals surface area contributed by atoms with Crippen LogP contribution in [0.1, 0.15) is 47.0 Å². The first-order valence-electron chi connectivity index (χ1n) is 9.99. The second kappa shape index (κ2) is 10.2. The SMILES string of the molecule is CCNC(=NCCN1CC(C)CC(C)C1)N1CCC(OCC)CC1. The van der Waals surface area contributed by atoms with Crippen molar-refractivity contribution in [2.24, 2.45) is 16.8 Å². The Balaban J connectivity index is 1.80. The number of hydrogen-bond acceptors (Lipinski definition) is 3. The number of likely N-dealkylation sites (tertiary alicyclic amines) is 2. The van der Waals surface area contributed by atoms with Gasteiger partial charge in [0.2, 0.25) is 0 Å². The summed E-state index contributed by atoms with van der Waals surface area (Å²) in [6.07, 6.45) is 4.03. The van der Waals surface area contributed by atoms with E-state index in [0.717, 1.165) is 70.0 Å². The average Bonchev–Trinajstić information content (AvgIpc) is 2.54. The standard InChI is InChI=1S/C19H38N4O/c1-5-20-19(23-10-7-18(8-11-23)24-6-2)21-9-12-22-14-16(3)13-17(4)15-22/h16-18H,5-15H2,1-4H3,(H,20,21). The molecule has 2 rings (SSSR count). The molecule has 2 fully saturated rings. The first-order valence-corrected chi connectivity index (χ1v) is 9.99. The third-order valence-corrected chi connectivity index (χ3v) is 5.10. The third-order valence-electron chi connectivity index (χ3n) is 5.10. The van der Waals surface area contributed by atoms with Gasteiger partial charge in [0, 0.05) is 45.9 Å². The van der Waals surface area contributed by atoms with Crippen LogP contribution in [0.15, 0.2) is 4.99 Å². The van der Waals surface area contributed by atoms with E-state index in [9.17, 15) is 0 Å². The van der Waals surface area contributed by atoms with Crippen LogP contribution in [0.2, 0.25) is 0 Å². The summed E-state index contributed by atoms with van der Waals surface area (Å²) in [5, 5.41) is 3.47. The fraction of sp³-hybridized carbons (Fsp3) is 0.947. The van der Waals surface area contributed by atoms with E-state index in [2.05, 4.69) is 42.8 Å². The first kappa shape index (κ1) is 19.5. The van der Waals surface area contributed by atoms with Gasteiger partial charge in [-0.2, -0.15) is 0 Å². The molecule has 0 aromatic carbocycles. The van der Waals surface area contributed by atoms with Crippen LogP contribution in [-0.2, 0) is 4.74 Å². The summed E-state index contributed by atoms with van der Waals surface area (Å²) in [5.74, 6) is 2.73. The van der Waals surface area contributed by atoms with Crippen molar-refractivity contribution in [1.82, 2.24) is 15.1 Å². The highest BCUT2D eigenvalue weighted by Crippen LogP contribution is 2.20. The normalized spacial score (nSPS) is 27.5. The molecule has 2 saturated heterocycles. The number of rotatable bonds is 6. The number of nitrogens with one attached hydrogen (secondary N) is 1. The number of hydrogen-bond donors (Lipinski definition) is 1. The maximum atomic E-state index is 5.76. The molecule has 2 aliphatic heterocycles. The first-order chi connectivity index (χ1) is 11.6. The van der Waals surface area contributed by atoms with E-state index < -0.39 is 0 Å². The monoisotopic (exact) mass is 338 g/mol. The molecule has 0 aliphatic carbocycles. The fourth-order valence-electron chi connectivity index (χ4n) is 4.17. The highest BCUT2D eigenvalue weighted by Gasteiger charge is 2.23. The van der Waals surface area contributed by atoms with Crippen LogP contribution in [-0.4, -0.2) is 74.3 Å². The van der Waals surface area contributed by atoms with Gasteiger partial charge in [0.25, 0.3) is 0 Å². The second-order valence-electron chi connectivity index (χ2n) is 7.58. The topological polar surface area (TPSA) is 40.1 Å². The Morgan fingerprint density at radius 2 is 1.79 bits per heavy atom. The zero-order chi connectivity index (χ0) is 17.4. The van der Waals surface area contributed by atoms with Gasteiger partial charge in [-0.05, 0) is 44.9 Å². The van der Waals surface area contributed by atoms with E-state index in [-0.39, 0.29) is 0 Å². The molecule has 2 aliphatic rings. The summed E-state index contributed by atoms with van der Waals surface area (Å²) in [6, 6.07) is 0. The van der Waals surface area contributed by atoms with E-state index in [0.29, 0.717) is 6.10 Å². The van der Waals surface area contributed by atoms with E-state index in [4.69, 9.17) is 9.73 Å². The zero-order valence-corrected chi connectivity index (χ0v) is 16.3. The summed E-state index contributed by atoms with van der Waals surface area (Å²) >= 11 is 0. The minimum absolute atomic E-state index is 0.436. The molecule has 24 heavy (non-hydrogen) atoms. The van der Waals surface area contributed by atoms with Gasteiger partial charge in [-0.1, -0.05) is 13.8 Å². The van der Waals surface area contributed by atoms with Gasteiger partial charge >= 0.3 is 0 Å². The van der Waals surface area contributed by atoms with Crippen LogP contribution < -0.4 is 5.32 Å². The van der Waals surface area contributed by atoms with Crippen LogP contribution in [0.3, 0.4) is 0 Å². The Labute approximate surface area is 148 Å². The predicted molar refractivity (Wildman–Crippen MR) is 102 cm³/mol. The molecule has 0 radical (unpaired) electrons. The summed E-state index contributed by atoms with van der Waals surface area (Å²) in [6.45, 7) is 17.3. The lowest BCUT2D eigenvalue weighted by Gasteiger charge is -2.35. The molecule has 2 heterocycles. The third kappa shape index (κ3) is 6.25. The number of nitrogens with zero attached hydrogens (tertiary/aromatic N) is 3. The number of ether oxygens (including phenoxy) is 1. The van der Waals surface area contributed by atoms with Crippen LogP contribution in [0, 0.1) is 11.8 Å². The number of aliphatic imine (C=N–C) groups is 1. The molecule has 0 spiro atoms. The van der Waals surface area contributed by atoms with Gasteiger partial charge in [0.15, 0.2) is 5.96 Å². The van der Waals surface area contributed by atoms with Crippen LogP contribution in [0.4, 0.5) is 0 Å². The predicted octanol–water partition coefficient (Wildman–Crippen LogP) is 2.43. The largest absolute Gasteiger partial charge is 0.378 e. The lowest BCUT2D eigenvalue weighted by Crippen LogP contribution is -2.47. The Hall–Kier alpha value is -0.810. The zero-order valence-electron chi connectivity index (χ0n) is 16.3. The molecule has 5 nitrogen and oxygen atoms in total. The Morgan fingerprint density at radius 3 is 2.38 bits per heavy atom. The van der Waals surface area contributed by atoms with Gasteiger partial charge in [-0.25, -0.2) is 0 Å². The summed E-state index contributed by atoms with van der Waals surface area (Å²) in [4.78, 5) is 9.90. The van der Waals surface area contributed by atoms with Gasteiger partial charge in [-0.15, -0.1) is 0 Å². The Morgan fingerprint density at radius 1 is 1.12 bits per heavy atom. The minimum Gasteiger partial charge on any atom is -0.378 e. The maximum Gasteiger partial charge on any atom is 0.193 e. The fourth-order valence-corrected chi connectivity index (χ4v) is 4.17. The molecule has 2 unspecified atom stereocenters. The molecule has 0 aromatic rings. The number of piperidine rings is 2.